The van der Waals surface area contributed by atoms with Crippen molar-refractivity contribution in [3.63, 3.8) is 0 Å². The van der Waals surface area contributed by atoms with Gasteiger partial charge in [0.05, 0.1) is 6.54 Å². The van der Waals surface area contributed by atoms with Gasteiger partial charge in [0.2, 0.25) is 0 Å². The van der Waals surface area contributed by atoms with Crippen molar-refractivity contribution in [3.05, 3.63) is 0 Å². The Kier molecular flexibility index (Phi) is 4.11. The van der Waals surface area contributed by atoms with Crippen LogP contribution in [0.5, 0.6) is 0 Å². The van der Waals surface area contributed by atoms with Crippen LogP contribution in [-0.4, -0.2) is 30.8 Å². The van der Waals surface area contributed by atoms with E-state index in [9.17, 15) is 4.79 Å². The molecule has 0 bridgehead atoms. The Hall–Kier alpha value is -0.370. The molecule has 2 nitrogen and oxygen atoms in total. The number of carbonyl (C=O) groups excluding carboxylic acids is 1. The predicted molar refractivity (Wildman–Crippen MR) is 59.3 cm³/mol. The Labute approximate surface area is 87.7 Å². The molecule has 1 aliphatic rings. The minimum Gasteiger partial charge on any atom is -0.302 e. The second-order valence-electron chi connectivity index (χ2n) is 5.46. The lowest BCUT2D eigenvalue weighted by Crippen LogP contribution is -2.27. The number of likely N-dealkylation sites (tertiary alicyclic amines) is 1. The van der Waals surface area contributed by atoms with Gasteiger partial charge in [-0.2, -0.15) is 0 Å². The van der Waals surface area contributed by atoms with Gasteiger partial charge in [0.1, 0.15) is 6.29 Å². The van der Waals surface area contributed by atoms with E-state index < -0.39 is 0 Å². The monoisotopic (exact) mass is 197 g/mol. The van der Waals surface area contributed by atoms with Crippen molar-refractivity contribution in [1.29, 1.82) is 0 Å². The minimum atomic E-state index is 0.428. The fraction of sp³-hybridized carbons (Fsp3) is 0.917. The number of hydrogen-bond donors (Lipinski definition) is 0. The molecule has 14 heavy (non-hydrogen) atoms. The number of rotatable bonds is 2. The zero-order valence-electron chi connectivity index (χ0n) is 9.75. The van der Waals surface area contributed by atoms with Gasteiger partial charge in [-0.1, -0.05) is 20.8 Å². The fourth-order valence-electron chi connectivity index (χ4n) is 2.31. The van der Waals surface area contributed by atoms with Crippen LogP contribution in [0.25, 0.3) is 0 Å². The van der Waals surface area contributed by atoms with Gasteiger partial charge >= 0.3 is 0 Å². The quantitative estimate of drug-likeness (QED) is 0.633. The Morgan fingerprint density at radius 1 is 1.29 bits per heavy atom. The molecule has 1 atom stereocenters. The van der Waals surface area contributed by atoms with Crippen LogP contribution in [0.2, 0.25) is 0 Å². The van der Waals surface area contributed by atoms with Gasteiger partial charge in [-0.3, -0.25) is 4.90 Å². The molecule has 0 aromatic carbocycles. The van der Waals surface area contributed by atoms with Crippen molar-refractivity contribution in [2.45, 2.75) is 40.0 Å². The zero-order valence-corrected chi connectivity index (χ0v) is 9.75. The summed E-state index contributed by atoms with van der Waals surface area (Å²) >= 11 is 0. The SMILES string of the molecule is CC(C)(C)C1CCCN(CC=O)CC1. The van der Waals surface area contributed by atoms with Gasteiger partial charge in [0.25, 0.3) is 0 Å². The standard InChI is InChI=1S/C12H23NO/c1-12(2,3)11-5-4-7-13(8-6-11)9-10-14/h10-11H,4-9H2,1-3H3. The van der Waals surface area contributed by atoms with Gasteiger partial charge in [-0.05, 0) is 43.7 Å². The second-order valence-corrected chi connectivity index (χ2v) is 5.46. The topological polar surface area (TPSA) is 20.3 Å². The van der Waals surface area contributed by atoms with Crippen molar-refractivity contribution in [1.82, 2.24) is 4.90 Å². The summed E-state index contributed by atoms with van der Waals surface area (Å²) in [6, 6.07) is 0. The van der Waals surface area contributed by atoms with Crippen molar-refractivity contribution in [2.75, 3.05) is 19.6 Å². The summed E-state index contributed by atoms with van der Waals surface area (Å²) in [5.74, 6) is 0.819. The van der Waals surface area contributed by atoms with Crippen LogP contribution in [0.3, 0.4) is 0 Å². The van der Waals surface area contributed by atoms with Crippen LogP contribution >= 0.6 is 0 Å². The van der Waals surface area contributed by atoms with Crippen LogP contribution in [0.1, 0.15) is 40.0 Å². The lowest BCUT2D eigenvalue weighted by Gasteiger charge is -2.29. The summed E-state index contributed by atoms with van der Waals surface area (Å²) in [6.45, 7) is 9.80. The highest BCUT2D eigenvalue weighted by Gasteiger charge is 2.26. The summed E-state index contributed by atoms with van der Waals surface area (Å²) < 4.78 is 0. The zero-order chi connectivity index (χ0) is 10.6. The van der Waals surface area contributed by atoms with Crippen LogP contribution in [0, 0.1) is 11.3 Å². The number of carbonyl (C=O) groups is 1. The Balaban J connectivity index is 2.44. The maximum absolute atomic E-state index is 10.4. The van der Waals surface area contributed by atoms with Crippen LogP contribution in [-0.2, 0) is 4.79 Å². The fourth-order valence-corrected chi connectivity index (χ4v) is 2.31. The molecule has 82 valence electrons. The van der Waals surface area contributed by atoms with Crippen LogP contribution < -0.4 is 0 Å². The van der Waals surface area contributed by atoms with E-state index in [0.29, 0.717) is 12.0 Å². The summed E-state index contributed by atoms with van der Waals surface area (Å²) in [4.78, 5) is 12.7. The highest BCUT2D eigenvalue weighted by molar-refractivity contribution is 5.51. The van der Waals surface area contributed by atoms with E-state index in [2.05, 4.69) is 25.7 Å². The van der Waals surface area contributed by atoms with Gasteiger partial charge in [0, 0.05) is 0 Å². The molecular formula is C12H23NO. The average Bonchev–Trinajstić information content (AvgIpc) is 2.29. The molecule has 0 amide bonds. The largest absolute Gasteiger partial charge is 0.302 e. The van der Waals surface area contributed by atoms with Crippen molar-refractivity contribution < 1.29 is 4.79 Å². The van der Waals surface area contributed by atoms with Gasteiger partial charge in [-0.15, -0.1) is 0 Å². The Bertz CT molecular complexity index is 183. The first-order valence-corrected chi connectivity index (χ1v) is 5.70. The van der Waals surface area contributed by atoms with Crippen LogP contribution in [0.4, 0.5) is 0 Å². The molecule has 1 fully saturated rings. The van der Waals surface area contributed by atoms with Crippen molar-refractivity contribution >= 4 is 6.29 Å². The molecule has 1 aliphatic heterocycles. The molecule has 0 spiro atoms. The van der Waals surface area contributed by atoms with E-state index in [1.54, 1.807) is 0 Å². The highest BCUT2D eigenvalue weighted by atomic mass is 16.1. The van der Waals surface area contributed by atoms with Crippen molar-refractivity contribution in [2.24, 2.45) is 11.3 Å². The molecule has 2 heteroatoms. The number of hydrogen-bond acceptors (Lipinski definition) is 2. The Morgan fingerprint density at radius 3 is 2.57 bits per heavy atom. The van der Waals surface area contributed by atoms with E-state index in [1.807, 2.05) is 0 Å². The molecule has 1 saturated heterocycles. The molecule has 0 saturated carbocycles. The molecule has 0 aliphatic carbocycles. The second kappa shape index (κ2) is 4.92. The molecular weight excluding hydrogens is 174 g/mol. The molecule has 0 aromatic rings. The first kappa shape index (κ1) is 11.7. The Morgan fingerprint density at radius 2 is 2.00 bits per heavy atom. The summed E-state index contributed by atoms with van der Waals surface area (Å²) in [5.41, 5.74) is 0.428. The third-order valence-corrected chi connectivity index (χ3v) is 3.38. The molecule has 1 heterocycles. The number of nitrogens with zero attached hydrogens (tertiary/aromatic N) is 1. The molecule has 0 radical (unpaired) electrons. The van der Waals surface area contributed by atoms with E-state index in [0.717, 1.165) is 25.3 Å². The maximum Gasteiger partial charge on any atom is 0.133 e. The van der Waals surface area contributed by atoms with E-state index in [1.165, 1.54) is 19.3 Å². The van der Waals surface area contributed by atoms with Crippen LogP contribution in [0.15, 0.2) is 0 Å². The third kappa shape index (κ3) is 3.41. The van der Waals surface area contributed by atoms with Gasteiger partial charge in [-0.25, -0.2) is 0 Å². The normalized spacial score (nSPS) is 25.8. The maximum atomic E-state index is 10.4. The highest BCUT2D eigenvalue weighted by Crippen LogP contribution is 2.34. The van der Waals surface area contributed by atoms with E-state index in [-0.39, 0.29) is 0 Å². The first-order valence-electron chi connectivity index (χ1n) is 5.70. The van der Waals surface area contributed by atoms with Gasteiger partial charge < -0.3 is 4.79 Å². The molecule has 0 N–H and O–H groups in total. The first-order chi connectivity index (χ1) is 6.54. The molecule has 1 unspecified atom stereocenters. The number of aldehydes is 1. The summed E-state index contributed by atoms with van der Waals surface area (Å²) in [7, 11) is 0. The summed E-state index contributed by atoms with van der Waals surface area (Å²) in [5, 5.41) is 0. The smallest absolute Gasteiger partial charge is 0.133 e. The summed E-state index contributed by atoms with van der Waals surface area (Å²) in [6.07, 6.45) is 4.84. The van der Waals surface area contributed by atoms with E-state index in [4.69, 9.17) is 0 Å². The average molecular weight is 197 g/mol. The third-order valence-electron chi connectivity index (χ3n) is 3.38. The molecule has 1 rings (SSSR count). The predicted octanol–water partition coefficient (Wildman–Crippen LogP) is 2.33. The van der Waals surface area contributed by atoms with Crippen molar-refractivity contribution in [3.8, 4) is 0 Å². The molecule has 0 aromatic heterocycles. The lowest BCUT2D eigenvalue weighted by atomic mass is 9.77. The lowest BCUT2D eigenvalue weighted by molar-refractivity contribution is -0.108. The van der Waals surface area contributed by atoms with E-state index >= 15 is 0 Å². The minimum absolute atomic E-state index is 0.428. The van der Waals surface area contributed by atoms with Gasteiger partial charge in [0.15, 0.2) is 0 Å².